The third-order valence-electron chi connectivity index (χ3n) is 3.20. The molecule has 1 rings (SSSR count). The number of aromatic nitrogens is 2. The quantitative estimate of drug-likeness (QED) is 0.818. The Morgan fingerprint density at radius 2 is 1.84 bits per heavy atom. The second kappa shape index (κ2) is 7.31. The lowest BCUT2D eigenvalue weighted by molar-refractivity contribution is 0.161. The van der Waals surface area contributed by atoms with E-state index in [0.29, 0.717) is 5.92 Å². The van der Waals surface area contributed by atoms with Crippen LogP contribution in [0.4, 0.5) is 5.82 Å². The lowest BCUT2D eigenvalue weighted by Gasteiger charge is -2.20. The minimum atomic E-state index is 0.151. The normalized spacial score (nSPS) is 12.6. The zero-order chi connectivity index (χ0) is 14.4. The molecule has 1 atom stereocenters. The SMILES string of the molecule is CCCc1nc(NCC)c(C)c(OC(C)C(C)C)n1. The molecule has 19 heavy (non-hydrogen) atoms. The zero-order valence-electron chi connectivity index (χ0n) is 13.1. The van der Waals surface area contributed by atoms with E-state index in [1.807, 2.05) is 6.92 Å². The van der Waals surface area contributed by atoms with Gasteiger partial charge in [0.2, 0.25) is 5.88 Å². The summed E-state index contributed by atoms with van der Waals surface area (Å²) >= 11 is 0. The lowest BCUT2D eigenvalue weighted by Crippen LogP contribution is -2.21. The van der Waals surface area contributed by atoms with E-state index in [1.54, 1.807) is 0 Å². The summed E-state index contributed by atoms with van der Waals surface area (Å²) in [5.74, 6) is 2.93. The van der Waals surface area contributed by atoms with Gasteiger partial charge in [0.05, 0.1) is 11.7 Å². The van der Waals surface area contributed by atoms with Crippen molar-refractivity contribution in [2.24, 2.45) is 5.92 Å². The van der Waals surface area contributed by atoms with Crippen LogP contribution in [0.5, 0.6) is 5.88 Å². The molecule has 4 heteroatoms. The van der Waals surface area contributed by atoms with Gasteiger partial charge in [-0.2, -0.15) is 4.98 Å². The monoisotopic (exact) mass is 265 g/mol. The molecule has 0 aliphatic rings. The molecule has 0 aliphatic heterocycles. The fourth-order valence-corrected chi connectivity index (χ4v) is 1.64. The van der Waals surface area contributed by atoms with Crippen molar-refractivity contribution in [2.45, 2.75) is 60.5 Å². The summed E-state index contributed by atoms with van der Waals surface area (Å²) in [5.41, 5.74) is 0.995. The zero-order valence-corrected chi connectivity index (χ0v) is 13.1. The average molecular weight is 265 g/mol. The van der Waals surface area contributed by atoms with Gasteiger partial charge in [-0.15, -0.1) is 0 Å². The molecule has 0 aliphatic carbocycles. The van der Waals surface area contributed by atoms with E-state index < -0.39 is 0 Å². The Morgan fingerprint density at radius 1 is 1.16 bits per heavy atom. The van der Waals surface area contributed by atoms with Crippen molar-refractivity contribution in [3.8, 4) is 5.88 Å². The van der Waals surface area contributed by atoms with Gasteiger partial charge in [0.25, 0.3) is 0 Å². The van der Waals surface area contributed by atoms with E-state index in [9.17, 15) is 0 Å². The highest BCUT2D eigenvalue weighted by Gasteiger charge is 2.15. The molecule has 0 amide bonds. The first-order valence-electron chi connectivity index (χ1n) is 7.27. The molecule has 0 saturated carbocycles. The van der Waals surface area contributed by atoms with Gasteiger partial charge in [0, 0.05) is 13.0 Å². The van der Waals surface area contributed by atoms with Crippen LogP contribution in [-0.4, -0.2) is 22.6 Å². The molecule has 0 radical (unpaired) electrons. The molecule has 1 N–H and O–H groups in total. The molecule has 1 unspecified atom stereocenters. The number of hydrogen-bond donors (Lipinski definition) is 1. The number of anilines is 1. The first kappa shape index (κ1) is 15.7. The van der Waals surface area contributed by atoms with Gasteiger partial charge in [-0.3, -0.25) is 0 Å². The number of ether oxygens (including phenoxy) is 1. The van der Waals surface area contributed by atoms with E-state index in [1.165, 1.54) is 0 Å². The molecule has 1 aromatic heterocycles. The smallest absolute Gasteiger partial charge is 0.222 e. The molecule has 0 aromatic carbocycles. The summed E-state index contributed by atoms with van der Waals surface area (Å²) in [5, 5.41) is 3.29. The maximum Gasteiger partial charge on any atom is 0.222 e. The van der Waals surface area contributed by atoms with E-state index in [0.717, 1.165) is 42.5 Å². The van der Waals surface area contributed by atoms with Gasteiger partial charge in [-0.25, -0.2) is 4.98 Å². The molecule has 1 aromatic rings. The van der Waals surface area contributed by atoms with Gasteiger partial charge in [0.15, 0.2) is 0 Å². The fourth-order valence-electron chi connectivity index (χ4n) is 1.64. The highest BCUT2D eigenvalue weighted by Crippen LogP contribution is 2.24. The van der Waals surface area contributed by atoms with Crippen LogP contribution < -0.4 is 10.1 Å². The Bertz CT molecular complexity index is 405. The van der Waals surface area contributed by atoms with Crippen molar-refractivity contribution < 1.29 is 4.74 Å². The summed E-state index contributed by atoms with van der Waals surface area (Å²) in [7, 11) is 0. The van der Waals surface area contributed by atoms with Gasteiger partial charge in [-0.1, -0.05) is 20.8 Å². The summed E-state index contributed by atoms with van der Waals surface area (Å²) in [6.45, 7) is 13.4. The first-order valence-corrected chi connectivity index (χ1v) is 7.27. The van der Waals surface area contributed by atoms with Crippen LogP contribution in [-0.2, 0) is 6.42 Å². The summed E-state index contributed by atoms with van der Waals surface area (Å²) < 4.78 is 5.99. The molecule has 4 nitrogen and oxygen atoms in total. The molecular formula is C15H27N3O. The van der Waals surface area contributed by atoms with Crippen molar-refractivity contribution in [1.29, 1.82) is 0 Å². The van der Waals surface area contributed by atoms with Crippen molar-refractivity contribution >= 4 is 5.82 Å². The van der Waals surface area contributed by atoms with E-state index >= 15 is 0 Å². The highest BCUT2D eigenvalue weighted by atomic mass is 16.5. The number of rotatable bonds is 7. The van der Waals surface area contributed by atoms with Crippen molar-refractivity contribution in [3.63, 3.8) is 0 Å². The molecule has 0 saturated heterocycles. The number of nitrogens with one attached hydrogen (secondary N) is 1. The summed E-state index contributed by atoms with van der Waals surface area (Å²) in [4.78, 5) is 9.12. The largest absolute Gasteiger partial charge is 0.474 e. The number of nitrogens with zero attached hydrogens (tertiary/aromatic N) is 2. The Kier molecular flexibility index (Phi) is 6.06. The molecule has 108 valence electrons. The lowest BCUT2D eigenvalue weighted by atomic mass is 10.1. The highest BCUT2D eigenvalue weighted by molar-refractivity contribution is 5.48. The molecular weight excluding hydrogens is 238 g/mol. The number of aryl methyl sites for hydroxylation is 1. The van der Waals surface area contributed by atoms with E-state index in [2.05, 4.69) is 49.9 Å². The minimum absolute atomic E-state index is 0.151. The van der Waals surface area contributed by atoms with E-state index in [4.69, 9.17) is 4.74 Å². The van der Waals surface area contributed by atoms with Gasteiger partial charge in [0.1, 0.15) is 11.6 Å². The van der Waals surface area contributed by atoms with Crippen molar-refractivity contribution in [2.75, 3.05) is 11.9 Å². The van der Waals surface area contributed by atoms with Crippen molar-refractivity contribution in [3.05, 3.63) is 11.4 Å². The van der Waals surface area contributed by atoms with Crippen LogP contribution in [0, 0.1) is 12.8 Å². The van der Waals surface area contributed by atoms with Crippen LogP contribution in [0.3, 0.4) is 0 Å². The topological polar surface area (TPSA) is 47.0 Å². The Labute approximate surface area is 117 Å². The predicted molar refractivity (Wildman–Crippen MR) is 79.9 cm³/mol. The maximum absolute atomic E-state index is 5.99. The average Bonchev–Trinajstić information content (AvgIpc) is 2.35. The first-order chi connectivity index (χ1) is 8.99. The van der Waals surface area contributed by atoms with E-state index in [-0.39, 0.29) is 6.10 Å². The Balaban J connectivity index is 3.06. The van der Waals surface area contributed by atoms with Crippen LogP contribution >= 0.6 is 0 Å². The standard InChI is InChI=1S/C15H27N3O/c1-7-9-13-17-14(16-8-2)11(5)15(18-13)19-12(6)10(3)4/h10,12H,7-9H2,1-6H3,(H,16,17,18). The predicted octanol–water partition coefficient (Wildman–Crippen LogP) is 3.59. The second-order valence-corrected chi connectivity index (χ2v) is 5.27. The van der Waals surface area contributed by atoms with Crippen LogP contribution in [0.25, 0.3) is 0 Å². The third kappa shape index (κ3) is 4.37. The number of hydrogen-bond acceptors (Lipinski definition) is 4. The van der Waals surface area contributed by atoms with Gasteiger partial charge in [-0.05, 0) is 33.1 Å². The Morgan fingerprint density at radius 3 is 2.37 bits per heavy atom. The summed E-state index contributed by atoms with van der Waals surface area (Å²) in [6, 6.07) is 0. The van der Waals surface area contributed by atoms with Gasteiger partial charge < -0.3 is 10.1 Å². The molecule has 0 bridgehead atoms. The van der Waals surface area contributed by atoms with Crippen LogP contribution in [0.15, 0.2) is 0 Å². The van der Waals surface area contributed by atoms with Crippen LogP contribution in [0.2, 0.25) is 0 Å². The second-order valence-electron chi connectivity index (χ2n) is 5.27. The molecule has 1 heterocycles. The van der Waals surface area contributed by atoms with Gasteiger partial charge >= 0.3 is 0 Å². The minimum Gasteiger partial charge on any atom is -0.474 e. The maximum atomic E-state index is 5.99. The Hall–Kier alpha value is -1.32. The summed E-state index contributed by atoms with van der Waals surface area (Å²) in [6.07, 6.45) is 2.07. The third-order valence-corrected chi connectivity index (χ3v) is 3.20. The van der Waals surface area contributed by atoms with Crippen LogP contribution in [0.1, 0.15) is 52.4 Å². The molecule has 0 fully saturated rings. The fraction of sp³-hybridized carbons (Fsp3) is 0.733. The molecule has 0 spiro atoms. The van der Waals surface area contributed by atoms with Crippen molar-refractivity contribution in [1.82, 2.24) is 9.97 Å².